The molecule has 0 aliphatic carbocycles. The Kier molecular flexibility index (Phi) is 5.20. The third-order valence-corrected chi connectivity index (χ3v) is 5.59. The lowest BCUT2D eigenvalue weighted by atomic mass is 9.77. The largest absolute Gasteiger partial charge is 0.508 e. The van der Waals surface area contributed by atoms with Gasteiger partial charge in [0.25, 0.3) is 0 Å². The Morgan fingerprint density at radius 3 is 2.56 bits per heavy atom. The van der Waals surface area contributed by atoms with Crippen LogP contribution in [0.2, 0.25) is 0 Å². The monoisotopic (exact) mass is 454 g/mol. The van der Waals surface area contributed by atoms with E-state index in [1.807, 2.05) is 0 Å². The van der Waals surface area contributed by atoms with Gasteiger partial charge in [0.2, 0.25) is 5.91 Å². The highest BCUT2D eigenvalue weighted by atomic mass is 35.5. The van der Waals surface area contributed by atoms with E-state index in [1.165, 1.54) is 18.2 Å². The van der Waals surface area contributed by atoms with Gasteiger partial charge >= 0.3 is 5.97 Å². The number of carbonyl (C=O) groups excluding carboxylic acids is 2. The summed E-state index contributed by atoms with van der Waals surface area (Å²) in [5.74, 6) is -0.527. The van der Waals surface area contributed by atoms with E-state index in [-0.39, 0.29) is 48.5 Å². The van der Waals surface area contributed by atoms with Crippen molar-refractivity contribution >= 4 is 24.3 Å². The van der Waals surface area contributed by atoms with Gasteiger partial charge in [-0.1, -0.05) is 18.2 Å². The first-order chi connectivity index (χ1) is 15.0. The number of esters is 1. The number of rotatable bonds is 3. The fourth-order valence-electron chi connectivity index (χ4n) is 4.20. The van der Waals surface area contributed by atoms with E-state index in [0.29, 0.717) is 27.8 Å². The lowest BCUT2D eigenvalue weighted by Crippen LogP contribution is -2.34. The lowest BCUT2D eigenvalue weighted by molar-refractivity contribution is -0.119. The van der Waals surface area contributed by atoms with Crippen LogP contribution < -0.4 is 15.8 Å². The molecule has 164 valence electrons. The van der Waals surface area contributed by atoms with Crippen molar-refractivity contribution in [2.24, 2.45) is 5.73 Å². The number of benzene rings is 3. The SMILES string of the molecule is Cl.NCC(=O)NCc1c(O)ccc2c1Oc1cc(O)ccc1C21OC(=O)c2ccccc21. The molecule has 0 fully saturated rings. The van der Waals surface area contributed by atoms with E-state index >= 15 is 0 Å². The molecule has 2 aliphatic rings. The fourth-order valence-corrected chi connectivity index (χ4v) is 4.20. The molecule has 2 aliphatic heterocycles. The van der Waals surface area contributed by atoms with E-state index in [4.69, 9.17) is 15.2 Å². The van der Waals surface area contributed by atoms with Gasteiger partial charge in [0.05, 0.1) is 24.2 Å². The second-order valence-electron chi connectivity index (χ2n) is 7.32. The molecule has 2 heterocycles. The smallest absolute Gasteiger partial charge is 0.340 e. The zero-order valence-corrected chi connectivity index (χ0v) is 17.4. The second kappa shape index (κ2) is 7.74. The van der Waals surface area contributed by atoms with Crippen molar-refractivity contribution in [3.8, 4) is 23.0 Å². The third kappa shape index (κ3) is 2.96. The second-order valence-corrected chi connectivity index (χ2v) is 7.32. The third-order valence-electron chi connectivity index (χ3n) is 5.59. The average molecular weight is 455 g/mol. The molecule has 0 saturated heterocycles. The number of hydrogen-bond donors (Lipinski definition) is 4. The van der Waals surface area contributed by atoms with Crippen LogP contribution >= 0.6 is 12.4 Å². The minimum Gasteiger partial charge on any atom is -0.508 e. The summed E-state index contributed by atoms with van der Waals surface area (Å²) in [7, 11) is 0. The highest BCUT2D eigenvalue weighted by Gasteiger charge is 2.54. The number of ether oxygens (including phenoxy) is 2. The van der Waals surface area contributed by atoms with E-state index in [0.717, 1.165) is 0 Å². The minimum absolute atomic E-state index is 0. The number of halogens is 1. The van der Waals surface area contributed by atoms with E-state index in [1.54, 1.807) is 36.4 Å². The Labute approximate surface area is 189 Å². The fraction of sp³-hybridized carbons (Fsp3) is 0.130. The highest BCUT2D eigenvalue weighted by Crippen LogP contribution is 2.58. The molecule has 5 N–H and O–H groups in total. The number of carbonyl (C=O) groups is 2. The molecule has 3 aromatic carbocycles. The molecule has 8 nitrogen and oxygen atoms in total. The Morgan fingerprint density at radius 2 is 1.78 bits per heavy atom. The van der Waals surface area contributed by atoms with Gasteiger partial charge in [-0.05, 0) is 30.3 Å². The molecule has 0 saturated carbocycles. The normalized spacial score (nSPS) is 17.3. The van der Waals surface area contributed by atoms with Crippen LogP contribution in [0.3, 0.4) is 0 Å². The Balaban J connectivity index is 0.00000245. The first-order valence-corrected chi connectivity index (χ1v) is 9.62. The first kappa shape index (κ1) is 21.5. The van der Waals surface area contributed by atoms with Crippen LogP contribution in [0.1, 0.15) is 32.6 Å². The van der Waals surface area contributed by atoms with Crippen molar-refractivity contribution in [1.82, 2.24) is 5.32 Å². The van der Waals surface area contributed by atoms with Crippen LogP contribution in [0, 0.1) is 0 Å². The molecule has 3 aromatic rings. The summed E-state index contributed by atoms with van der Waals surface area (Å²) in [4.78, 5) is 24.5. The molecule has 5 rings (SSSR count). The van der Waals surface area contributed by atoms with Crippen LogP contribution in [0.5, 0.6) is 23.0 Å². The van der Waals surface area contributed by atoms with Crippen molar-refractivity contribution in [2.45, 2.75) is 12.1 Å². The van der Waals surface area contributed by atoms with Gasteiger partial charge in [-0.2, -0.15) is 0 Å². The lowest BCUT2D eigenvalue weighted by Gasteiger charge is -2.37. The highest BCUT2D eigenvalue weighted by molar-refractivity contribution is 5.97. The van der Waals surface area contributed by atoms with Crippen molar-refractivity contribution in [3.05, 3.63) is 82.4 Å². The van der Waals surface area contributed by atoms with Gasteiger partial charge in [0.1, 0.15) is 23.0 Å². The molecule has 0 radical (unpaired) electrons. The predicted octanol–water partition coefficient (Wildman–Crippen LogP) is 2.66. The molecule has 1 unspecified atom stereocenters. The van der Waals surface area contributed by atoms with Crippen molar-refractivity contribution in [3.63, 3.8) is 0 Å². The molecular formula is C23H19ClN2O6. The Hall–Kier alpha value is -3.75. The number of phenolic OH excluding ortho intramolecular Hbond substituents is 2. The Bertz CT molecular complexity index is 1260. The molecule has 1 spiro atoms. The van der Waals surface area contributed by atoms with Crippen molar-refractivity contribution in [2.75, 3.05) is 6.54 Å². The molecular weight excluding hydrogens is 436 g/mol. The summed E-state index contributed by atoms with van der Waals surface area (Å²) in [5.41, 5.74) is 6.41. The molecule has 32 heavy (non-hydrogen) atoms. The van der Waals surface area contributed by atoms with Crippen LogP contribution in [-0.2, 0) is 21.7 Å². The molecule has 0 bridgehead atoms. The van der Waals surface area contributed by atoms with Gasteiger partial charge < -0.3 is 30.7 Å². The topological polar surface area (TPSA) is 131 Å². The quantitative estimate of drug-likeness (QED) is 0.447. The molecule has 0 aromatic heterocycles. The van der Waals surface area contributed by atoms with Crippen LogP contribution in [0.4, 0.5) is 0 Å². The van der Waals surface area contributed by atoms with Crippen molar-refractivity contribution < 1.29 is 29.3 Å². The number of phenols is 2. The summed E-state index contributed by atoms with van der Waals surface area (Å²) in [6, 6.07) is 14.7. The summed E-state index contributed by atoms with van der Waals surface area (Å²) in [5, 5.41) is 23.2. The zero-order valence-electron chi connectivity index (χ0n) is 16.6. The number of fused-ring (bicyclic) bond motifs is 6. The van der Waals surface area contributed by atoms with Gasteiger partial charge in [0, 0.05) is 22.8 Å². The maximum absolute atomic E-state index is 12.8. The summed E-state index contributed by atoms with van der Waals surface area (Å²) >= 11 is 0. The number of nitrogens with two attached hydrogens (primary N) is 1. The van der Waals surface area contributed by atoms with Crippen LogP contribution in [-0.4, -0.2) is 28.6 Å². The molecule has 9 heteroatoms. The summed E-state index contributed by atoms with van der Waals surface area (Å²) in [6.45, 7) is -0.257. The van der Waals surface area contributed by atoms with Crippen LogP contribution in [0.25, 0.3) is 0 Å². The number of aromatic hydroxyl groups is 2. The maximum atomic E-state index is 12.8. The van der Waals surface area contributed by atoms with Crippen LogP contribution in [0.15, 0.2) is 54.6 Å². The van der Waals surface area contributed by atoms with Gasteiger partial charge in [-0.3, -0.25) is 4.79 Å². The van der Waals surface area contributed by atoms with E-state index in [2.05, 4.69) is 5.32 Å². The standard InChI is InChI=1S/C23H18N2O6.ClH/c24-10-20(28)25-11-14-18(27)8-7-17-21(14)30-19-9-12(26)5-6-16(19)23(17)15-4-2-1-3-13(15)22(29)31-23;/h1-9,26-27H,10-11,24H2,(H,25,28);1H. The van der Waals surface area contributed by atoms with Crippen molar-refractivity contribution in [1.29, 1.82) is 0 Å². The molecule has 1 atom stereocenters. The number of nitrogens with one attached hydrogen (secondary N) is 1. The number of amides is 1. The van der Waals surface area contributed by atoms with Gasteiger partial charge in [-0.15, -0.1) is 12.4 Å². The van der Waals surface area contributed by atoms with E-state index < -0.39 is 17.5 Å². The first-order valence-electron chi connectivity index (χ1n) is 9.62. The van der Waals surface area contributed by atoms with E-state index in [9.17, 15) is 19.8 Å². The zero-order chi connectivity index (χ0) is 21.8. The van der Waals surface area contributed by atoms with Gasteiger partial charge in [0.15, 0.2) is 5.60 Å². The summed E-state index contributed by atoms with van der Waals surface area (Å²) in [6.07, 6.45) is 0. The molecule has 1 amide bonds. The Morgan fingerprint density at radius 1 is 1.03 bits per heavy atom. The number of hydrogen-bond acceptors (Lipinski definition) is 7. The average Bonchev–Trinajstić information content (AvgIpc) is 3.06. The minimum atomic E-state index is -1.33. The van der Waals surface area contributed by atoms with Gasteiger partial charge in [-0.25, -0.2) is 4.79 Å². The summed E-state index contributed by atoms with van der Waals surface area (Å²) < 4.78 is 12.1. The maximum Gasteiger partial charge on any atom is 0.340 e. The predicted molar refractivity (Wildman–Crippen MR) is 116 cm³/mol.